The van der Waals surface area contributed by atoms with E-state index in [0.29, 0.717) is 31.4 Å². The summed E-state index contributed by atoms with van der Waals surface area (Å²) in [6.07, 6.45) is -2.80. The Balaban J connectivity index is 2.03. The van der Waals surface area contributed by atoms with Crippen LogP contribution in [0.5, 0.6) is 0 Å². The van der Waals surface area contributed by atoms with Crippen LogP contribution in [0.2, 0.25) is 0 Å². The fourth-order valence-electron chi connectivity index (χ4n) is 2.43. The molecule has 1 fully saturated rings. The molecule has 1 aromatic carbocycles. The monoisotopic (exact) mass is 392 g/mol. The molecular weight excluding hydrogens is 369 g/mol. The van der Waals surface area contributed by atoms with E-state index in [-0.39, 0.29) is 18.0 Å². The molecular formula is C17H23F3N2O3S. The molecule has 0 spiro atoms. The van der Waals surface area contributed by atoms with Gasteiger partial charge in [-0.25, -0.2) is 8.42 Å². The Hall–Kier alpha value is -1.61. The number of piperidine rings is 1. The van der Waals surface area contributed by atoms with E-state index in [0.717, 1.165) is 24.3 Å². The van der Waals surface area contributed by atoms with Gasteiger partial charge >= 0.3 is 6.18 Å². The average molecular weight is 392 g/mol. The van der Waals surface area contributed by atoms with Crippen LogP contribution >= 0.6 is 0 Å². The predicted octanol–water partition coefficient (Wildman–Crippen LogP) is 3.91. The van der Waals surface area contributed by atoms with E-state index in [4.69, 9.17) is 4.84 Å². The zero-order valence-corrected chi connectivity index (χ0v) is 15.6. The van der Waals surface area contributed by atoms with Crippen molar-refractivity contribution >= 4 is 15.7 Å². The normalized spacial score (nSPS) is 17.8. The highest BCUT2D eigenvalue weighted by Crippen LogP contribution is 2.31. The summed E-state index contributed by atoms with van der Waals surface area (Å²) in [4.78, 5) is 4.93. The molecule has 1 unspecified atom stereocenters. The van der Waals surface area contributed by atoms with Gasteiger partial charge < -0.3 is 4.84 Å². The third-order valence-corrected chi connectivity index (χ3v) is 6.24. The molecule has 1 aromatic rings. The number of halogens is 3. The number of nitrogens with zero attached hydrogens (tertiary/aromatic N) is 2. The van der Waals surface area contributed by atoms with Gasteiger partial charge in [-0.15, -0.1) is 0 Å². The van der Waals surface area contributed by atoms with Crippen molar-refractivity contribution in [2.75, 3.05) is 19.7 Å². The quantitative estimate of drug-likeness (QED) is 0.690. The number of hydrogen-bond acceptors (Lipinski definition) is 4. The minimum atomic E-state index is -4.58. The maximum Gasteiger partial charge on any atom is 0.416 e. The highest BCUT2D eigenvalue weighted by Gasteiger charge is 2.33. The molecule has 0 radical (unpaired) electrons. The zero-order valence-electron chi connectivity index (χ0n) is 14.8. The molecule has 0 aromatic heterocycles. The number of oxime groups is 1. The first-order chi connectivity index (χ1) is 12.1. The maximum atomic E-state index is 12.8. The van der Waals surface area contributed by atoms with Crippen LogP contribution in [0, 0.1) is 5.92 Å². The van der Waals surface area contributed by atoms with Crippen molar-refractivity contribution in [2.24, 2.45) is 11.1 Å². The number of alkyl halides is 3. The van der Waals surface area contributed by atoms with Gasteiger partial charge in [0.25, 0.3) is 0 Å². The summed E-state index contributed by atoms with van der Waals surface area (Å²) in [7, 11) is -3.97. The number of rotatable bonds is 6. The van der Waals surface area contributed by atoms with E-state index in [9.17, 15) is 21.6 Å². The highest BCUT2D eigenvalue weighted by atomic mass is 32.2. The van der Waals surface area contributed by atoms with Crippen LogP contribution < -0.4 is 0 Å². The molecule has 0 N–H and O–H groups in total. The van der Waals surface area contributed by atoms with Gasteiger partial charge in [-0.1, -0.05) is 31.5 Å². The molecule has 9 heteroatoms. The minimum Gasteiger partial charge on any atom is -0.396 e. The van der Waals surface area contributed by atoms with Crippen LogP contribution in [-0.4, -0.2) is 38.1 Å². The molecule has 1 atom stereocenters. The fourth-order valence-corrected chi connectivity index (χ4v) is 3.92. The molecule has 1 aliphatic heterocycles. The summed E-state index contributed by atoms with van der Waals surface area (Å²) < 4.78 is 64.8. The smallest absolute Gasteiger partial charge is 0.396 e. The van der Waals surface area contributed by atoms with Gasteiger partial charge in [-0.2, -0.15) is 17.5 Å². The lowest BCUT2D eigenvalue weighted by Gasteiger charge is -2.27. The summed E-state index contributed by atoms with van der Waals surface area (Å²) in [6.45, 7) is 4.95. The van der Waals surface area contributed by atoms with Crippen LogP contribution in [0.3, 0.4) is 0 Å². The van der Waals surface area contributed by atoms with Gasteiger partial charge in [0.15, 0.2) is 0 Å². The number of sulfonamides is 1. The van der Waals surface area contributed by atoms with E-state index >= 15 is 0 Å². The lowest BCUT2D eigenvalue weighted by molar-refractivity contribution is -0.137. The first kappa shape index (κ1) is 20.7. The standard InChI is InChI=1S/C17H23F3N2O3S/c1-3-13(2)12-25-21-15-7-9-22(10-8-15)26(23,24)16-6-4-5-14(11-16)17(18,19)20/h4-6,11,13H,3,7-10,12H2,1-2H3. The van der Waals surface area contributed by atoms with Crippen LogP contribution in [-0.2, 0) is 21.0 Å². The van der Waals surface area contributed by atoms with Crippen molar-refractivity contribution in [3.8, 4) is 0 Å². The van der Waals surface area contributed by atoms with Crippen LogP contribution in [0.15, 0.2) is 34.3 Å². The maximum absolute atomic E-state index is 12.8. The first-order valence-corrected chi connectivity index (χ1v) is 9.93. The van der Waals surface area contributed by atoms with Crippen LogP contribution in [0.4, 0.5) is 13.2 Å². The fraction of sp³-hybridized carbons (Fsp3) is 0.588. The Morgan fingerprint density at radius 2 is 1.92 bits per heavy atom. The minimum absolute atomic E-state index is 0.171. The van der Waals surface area contributed by atoms with E-state index in [1.165, 1.54) is 10.4 Å². The summed E-state index contributed by atoms with van der Waals surface area (Å²) >= 11 is 0. The highest BCUT2D eigenvalue weighted by molar-refractivity contribution is 7.89. The Labute approximate surface area is 151 Å². The van der Waals surface area contributed by atoms with Crippen LogP contribution in [0.1, 0.15) is 38.7 Å². The number of benzene rings is 1. The Morgan fingerprint density at radius 1 is 1.27 bits per heavy atom. The summed E-state index contributed by atoms with van der Waals surface area (Å²) in [5.41, 5.74) is -0.208. The van der Waals surface area contributed by atoms with Gasteiger partial charge in [0.05, 0.1) is 16.2 Å². The lowest BCUT2D eigenvalue weighted by Crippen LogP contribution is -2.38. The predicted molar refractivity (Wildman–Crippen MR) is 92.3 cm³/mol. The molecule has 5 nitrogen and oxygen atoms in total. The topological polar surface area (TPSA) is 59.0 Å². The molecule has 1 saturated heterocycles. The molecule has 26 heavy (non-hydrogen) atoms. The SMILES string of the molecule is CCC(C)CON=C1CCN(S(=O)(=O)c2cccc(C(F)(F)F)c2)CC1. The molecule has 1 heterocycles. The molecule has 146 valence electrons. The second-order valence-corrected chi connectivity index (χ2v) is 8.33. The molecule has 0 bridgehead atoms. The van der Waals surface area contributed by atoms with Gasteiger partial charge in [0.1, 0.15) is 6.61 Å². The van der Waals surface area contributed by atoms with Crippen molar-refractivity contribution < 1.29 is 26.4 Å². The largest absolute Gasteiger partial charge is 0.416 e. The third kappa shape index (κ3) is 5.20. The molecule has 2 rings (SSSR count). The van der Waals surface area contributed by atoms with Crippen molar-refractivity contribution in [2.45, 2.75) is 44.2 Å². The Kier molecular flexibility index (Phi) is 6.68. The second-order valence-electron chi connectivity index (χ2n) is 6.40. The Bertz CT molecular complexity index is 738. The number of hydrogen-bond donors (Lipinski definition) is 0. The molecule has 0 saturated carbocycles. The zero-order chi connectivity index (χ0) is 19.4. The van der Waals surface area contributed by atoms with Crippen molar-refractivity contribution in [3.63, 3.8) is 0 Å². The van der Waals surface area contributed by atoms with Crippen molar-refractivity contribution in [3.05, 3.63) is 29.8 Å². The van der Waals surface area contributed by atoms with E-state index in [1.807, 2.05) is 6.92 Å². The summed E-state index contributed by atoms with van der Waals surface area (Å²) in [5, 5.41) is 4.05. The summed E-state index contributed by atoms with van der Waals surface area (Å²) in [5.74, 6) is 0.390. The van der Waals surface area contributed by atoms with E-state index < -0.39 is 21.8 Å². The second kappa shape index (κ2) is 8.39. The van der Waals surface area contributed by atoms with Gasteiger partial charge in [-0.3, -0.25) is 0 Å². The van der Waals surface area contributed by atoms with Crippen molar-refractivity contribution in [1.82, 2.24) is 4.31 Å². The third-order valence-electron chi connectivity index (χ3n) is 4.35. The van der Waals surface area contributed by atoms with Gasteiger partial charge in [0, 0.05) is 25.9 Å². The van der Waals surface area contributed by atoms with Gasteiger partial charge in [-0.05, 0) is 24.1 Å². The molecule has 1 aliphatic rings. The molecule has 0 aliphatic carbocycles. The first-order valence-electron chi connectivity index (χ1n) is 8.49. The van der Waals surface area contributed by atoms with Crippen molar-refractivity contribution in [1.29, 1.82) is 0 Å². The van der Waals surface area contributed by atoms with Crippen LogP contribution in [0.25, 0.3) is 0 Å². The molecule has 0 amide bonds. The lowest BCUT2D eigenvalue weighted by atomic mass is 10.1. The van der Waals surface area contributed by atoms with Gasteiger partial charge in [0.2, 0.25) is 10.0 Å². The van der Waals surface area contributed by atoms with E-state index in [2.05, 4.69) is 12.1 Å². The average Bonchev–Trinajstić information content (AvgIpc) is 2.61. The Morgan fingerprint density at radius 3 is 2.50 bits per heavy atom. The van der Waals surface area contributed by atoms with E-state index in [1.54, 1.807) is 0 Å². The summed E-state index contributed by atoms with van der Waals surface area (Å²) in [6, 6.07) is 3.82.